The van der Waals surface area contributed by atoms with E-state index in [1.165, 1.54) is 12.8 Å². The monoisotopic (exact) mass is 334 g/mol. The lowest BCUT2D eigenvalue weighted by Crippen LogP contribution is -2.36. The molecule has 3 atom stereocenters. The molecule has 1 saturated carbocycles. The van der Waals surface area contributed by atoms with Gasteiger partial charge in [0, 0.05) is 23.0 Å². The molecular formula is C22H26N2O. The fourth-order valence-corrected chi connectivity index (χ4v) is 4.18. The summed E-state index contributed by atoms with van der Waals surface area (Å²) in [6.07, 6.45) is 5.77. The van der Waals surface area contributed by atoms with Crippen LogP contribution < -0.4 is 4.74 Å². The molecule has 0 unspecified atom stereocenters. The molecule has 2 aromatic heterocycles. The second-order valence-electron chi connectivity index (χ2n) is 7.84. The van der Waals surface area contributed by atoms with Gasteiger partial charge >= 0.3 is 0 Å². The van der Waals surface area contributed by atoms with Gasteiger partial charge < -0.3 is 4.74 Å². The van der Waals surface area contributed by atoms with Crippen molar-refractivity contribution in [3.05, 3.63) is 42.6 Å². The molecule has 1 aliphatic rings. The second-order valence-corrected chi connectivity index (χ2v) is 7.84. The fourth-order valence-electron chi connectivity index (χ4n) is 4.18. The molecule has 0 N–H and O–H groups in total. The van der Waals surface area contributed by atoms with Gasteiger partial charge in [-0.15, -0.1) is 0 Å². The third kappa shape index (κ3) is 3.20. The molecule has 0 bridgehead atoms. The molecular weight excluding hydrogens is 308 g/mol. The molecule has 3 heteroatoms. The van der Waals surface area contributed by atoms with Crippen LogP contribution in [0.5, 0.6) is 5.88 Å². The van der Waals surface area contributed by atoms with Crippen LogP contribution in [0, 0.1) is 17.8 Å². The Hall–Kier alpha value is -2.16. The quantitative estimate of drug-likeness (QED) is 0.583. The molecule has 3 nitrogen and oxygen atoms in total. The number of hydrogen-bond donors (Lipinski definition) is 0. The molecule has 2 heterocycles. The van der Waals surface area contributed by atoms with Gasteiger partial charge in [0.25, 0.3) is 0 Å². The number of benzene rings is 1. The zero-order valence-electron chi connectivity index (χ0n) is 15.3. The SMILES string of the molecule is CC(C)[C@@H]1CC[C@@H](C)C[C@H]1Oc1ccc2ccc3cccnc3c2n1. The minimum absolute atomic E-state index is 0.261. The molecule has 130 valence electrons. The van der Waals surface area contributed by atoms with E-state index < -0.39 is 0 Å². The molecule has 1 fully saturated rings. The van der Waals surface area contributed by atoms with Crippen LogP contribution in [0.3, 0.4) is 0 Å². The average Bonchev–Trinajstić information content (AvgIpc) is 2.61. The molecule has 0 amide bonds. The van der Waals surface area contributed by atoms with Crippen molar-refractivity contribution in [3.8, 4) is 5.88 Å². The molecule has 0 aliphatic heterocycles. The first-order chi connectivity index (χ1) is 12.1. The van der Waals surface area contributed by atoms with Gasteiger partial charge in [-0.2, -0.15) is 0 Å². The van der Waals surface area contributed by atoms with Gasteiger partial charge in [0.2, 0.25) is 5.88 Å². The summed E-state index contributed by atoms with van der Waals surface area (Å²) in [6.45, 7) is 6.95. The van der Waals surface area contributed by atoms with Gasteiger partial charge in [-0.1, -0.05) is 45.4 Å². The number of rotatable bonds is 3. The van der Waals surface area contributed by atoms with Crippen molar-refractivity contribution in [2.75, 3.05) is 0 Å². The number of nitrogens with zero attached hydrogens (tertiary/aromatic N) is 2. The predicted octanol–water partition coefficient (Wildman–Crippen LogP) is 5.62. The van der Waals surface area contributed by atoms with E-state index in [2.05, 4.69) is 50.0 Å². The largest absolute Gasteiger partial charge is 0.474 e. The van der Waals surface area contributed by atoms with E-state index in [1.54, 1.807) is 0 Å². The van der Waals surface area contributed by atoms with E-state index >= 15 is 0 Å². The number of hydrogen-bond acceptors (Lipinski definition) is 3. The molecule has 1 aliphatic carbocycles. The maximum atomic E-state index is 6.42. The molecule has 25 heavy (non-hydrogen) atoms. The molecule has 0 saturated heterocycles. The average molecular weight is 334 g/mol. The summed E-state index contributed by atoms with van der Waals surface area (Å²) in [7, 11) is 0. The lowest BCUT2D eigenvalue weighted by atomic mass is 9.75. The Morgan fingerprint density at radius 2 is 1.76 bits per heavy atom. The third-order valence-electron chi connectivity index (χ3n) is 5.64. The predicted molar refractivity (Wildman–Crippen MR) is 103 cm³/mol. The highest BCUT2D eigenvalue weighted by Crippen LogP contribution is 2.36. The van der Waals surface area contributed by atoms with Crippen molar-refractivity contribution >= 4 is 21.8 Å². The summed E-state index contributed by atoms with van der Waals surface area (Å²) in [5.41, 5.74) is 1.88. The normalized spacial score (nSPS) is 24.1. The van der Waals surface area contributed by atoms with Crippen LogP contribution in [-0.2, 0) is 0 Å². The van der Waals surface area contributed by atoms with Gasteiger partial charge in [-0.05, 0) is 42.7 Å². The zero-order valence-corrected chi connectivity index (χ0v) is 15.3. The van der Waals surface area contributed by atoms with Gasteiger partial charge in [-0.3, -0.25) is 4.98 Å². The highest BCUT2D eigenvalue weighted by molar-refractivity contribution is 6.02. The number of fused-ring (bicyclic) bond motifs is 3. The highest BCUT2D eigenvalue weighted by Gasteiger charge is 2.32. The zero-order chi connectivity index (χ0) is 17.4. The Bertz CT molecular complexity index is 889. The van der Waals surface area contributed by atoms with Crippen LogP contribution in [-0.4, -0.2) is 16.1 Å². The van der Waals surface area contributed by atoms with Crippen molar-refractivity contribution in [2.45, 2.75) is 46.1 Å². The van der Waals surface area contributed by atoms with Crippen molar-refractivity contribution in [1.82, 2.24) is 9.97 Å². The summed E-state index contributed by atoms with van der Waals surface area (Å²) in [4.78, 5) is 9.37. The van der Waals surface area contributed by atoms with Gasteiger partial charge in [0.15, 0.2) is 0 Å². The lowest BCUT2D eigenvalue weighted by molar-refractivity contribution is 0.0429. The van der Waals surface area contributed by atoms with Crippen molar-refractivity contribution in [3.63, 3.8) is 0 Å². The fraction of sp³-hybridized carbons (Fsp3) is 0.455. The standard InChI is InChI=1S/C22H26N2O/c1-14(2)18-10-6-15(3)13-19(18)25-20-11-9-17-8-7-16-5-4-12-23-21(16)22(17)24-20/h4-5,7-9,11-12,14-15,18-19H,6,10,13H2,1-3H3/t15-,18+,19-/m1/s1. The summed E-state index contributed by atoms with van der Waals surface area (Å²) >= 11 is 0. The van der Waals surface area contributed by atoms with Crippen LogP contribution in [0.1, 0.15) is 40.0 Å². The lowest BCUT2D eigenvalue weighted by Gasteiger charge is -2.37. The van der Waals surface area contributed by atoms with Gasteiger partial charge in [-0.25, -0.2) is 4.98 Å². The molecule has 1 aromatic carbocycles. The summed E-state index contributed by atoms with van der Waals surface area (Å²) in [5, 5.41) is 2.22. The van der Waals surface area contributed by atoms with E-state index in [0.717, 1.165) is 40.0 Å². The van der Waals surface area contributed by atoms with Crippen molar-refractivity contribution in [1.29, 1.82) is 0 Å². The Kier molecular flexibility index (Phi) is 4.32. The molecule has 4 rings (SSSR count). The Morgan fingerprint density at radius 1 is 1.00 bits per heavy atom. The summed E-state index contributed by atoms with van der Waals surface area (Å²) in [6, 6.07) is 12.4. The minimum Gasteiger partial charge on any atom is -0.474 e. The number of ether oxygens (including phenoxy) is 1. The maximum Gasteiger partial charge on any atom is 0.214 e. The Balaban J connectivity index is 1.70. The van der Waals surface area contributed by atoms with E-state index in [9.17, 15) is 0 Å². The number of pyridine rings is 2. The summed E-state index contributed by atoms with van der Waals surface area (Å²) in [5.74, 6) is 2.71. The topological polar surface area (TPSA) is 35.0 Å². The first-order valence-corrected chi connectivity index (χ1v) is 9.43. The maximum absolute atomic E-state index is 6.42. The highest BCUT2D eigenvalue weighted by atomic mass is 16.5. The van der Waals surface area contributed by atoms with E-state index in [-0.39, 0.29) is 6.10 Å². The molecule has 0 radical (unpaired) electrons. The summed E-state index contributed by atoms with van der Waals surface area (Å²) < 4.78 is 6.42. The van der Waals surface area contributed by atoms with Crippen molar-refractivity contribution in [2.24, 2.45) is 17.8 Å². The van der Waals surface area contributed by atoms with Crippen molar-refractivity contribution < 1.29 is 4.74 Å². The van der Waals surface area contributed by atoms with Crippen LogP contribution in [0.25, 0.3) is 21.8 Å². The Morgan fingerprint density at radius 3 is 2.56 bits per heavy atom. The van der Waals surface area contributed by atoms with Crippen LogP contribution >= 0.6 is 0 Å². The number of aromatic nitrogens is 2. The van der Waals surface area contributed by atoms with E-state index in [4.69, 9.17) is 9.72 Å². The molecule has 0 spiro atoms. The third-order valence-corrected chi connectivity index (χ3v) is 5.64. The Labute approximate surface area is 149 Å². The minimum atomic E-state index is 0.261. The van der Waals surface area contributed by atoms with Gasteiger partial charge in [0.1, 0.15) is 11.6 Å². The van der Waals surface area contributed by atoms with Crippen LogP contribution in [0.4, 0.5) is 0 Å². The molecule has 3 aromatic rings. The van der Waals surface area contributed by atoms with Crippen LogP contribution in [0.2, 0.25) is 0 Å². The van der Waals surface area contributed by atoms with Crippen LogP contribution in [0.15, 0.2) is 42.6 Å². The van der Waals surface area contributed by atoms with E-state index in [0.29, 0.717) is 11.8 Å². The van der Waals surface area contributed by atoms with Gasteiger partial charge in [0.05, 0.1) is 5.52 Å². The first kappa shape index (κ1) is 16.3. The second kappa shape index (κ2) is 6.62. The van der Waals surface area contributed by atoms with E-state index in [1.807, 2.05) is 18.3 Å². The smallest absolute Gasteiger partial charge is 0.214 e. The first-order valence-electron chi connectivity index (χ1n) is 9.43.